The summed E-state index contributed by atoms with van der Waals surface area (Å²) in [5.41, 5.74) is -0.627. The Bertz CT molecular complexity index is 1090. The lowest BCUT2D eigenvalue weighted by Gasteiger charge is -2.35. The van der Waals surface area contributed by atoms with E-state index >= 15 is 0 Å². The van der Waals surface area contributed by atoms with Gasteiger partial charge in [0.05, 0.1) is 16.4 Å². The number of nitrogens with zero attached hydrogens (tertiary/aromatic N) is 3. The van der Waals surface area contributed by atoms with Gasteiger partial charge < -0.3 is 4.52 Å². The summed E-state index contributed by atoms with van der Waals surface area (Å²) in [7, 11) is -3.59. The van der Waals surface area contributed by atoms with Crippen LogP contribution in [0.3, 0.4) is 0 Å². The van der Waals surface area contributed by atoms with Crippen LogP contribution in [0.1, 0.15) is 17.4 Å². The van der Waals surface area contributed by atoms with Crippen molar-refractivity contribution >= 4 is 10.0 Å². The van der Waals surface area contributed by atoms with Crippen molar-refractivity contribution in [3.05, 3.63) is 66.1 Å². The molecule has 2 aromatic carbocycles. The summed E-state index contributed by atoms with van der Waals surface area (Å²) in [4.78, 5) is 4.35. The first kappa shape index (κ1) is 18.6. The van der Waals surface area contributed by atoms with Crippen LogP contribution < -0.4 is 0 Å². The second-order valence-electron chi connectivity index (χ2n) is 6.37. The van der Waals surface area contributed by atoms with Crippen molar-refractivity contribution in [3.8, 4) is 11.4 Å². The minimum Gasteiger partial charge on any atom is -0.339 e. The highest BCUT2D eigenvalue weighted by molar-refractivity contribution is 7.89. The Morgan fingerprint density at radius 2 is 1.75 bits per heavy atom. The van der Waals surface area contributed by atoms with E-state index in [9.17, 15) is 21.6 Å². The molecule has 0 radical (unpaired) electrons. The first-order chi connectivity index (χ1) is 13.2. The molecule has 1 aromatic heterocycles. The molecule has 28 heavy (non-hydrogen) atoms. The van der Waals surface area contributed by atoms with Crippen LogP contribution in [0.25, 0.3) is 11.4 Å². The van der Waals surface area contributed by atoms with E-state index in [1.807, 2.05) is 0 Å². The van der Waals surface area contributed by atoms with E-state index in [0.29, 0.717) is 0 Å². The van der Waals surface area contributed by atoms with Crippen LogP contribution in [-0.2, 0) is 16.2 Å². The maximum absolute atomic E-state index is 12.8. The Kier molecular flexibility index (Phi) is 4.47. The van der Waals surface area contributed by atoms with Gasteiger partial charge >= 0.3 is 6.18 Å². The lowest BCUT2D eigenvalue weighted by atomic mass is 10.0. The lowest BCUT2D eigenvalue weighted by molar-refractivity contribution is -0.137. The Morgan fingerprint density at radius 3 is 2.43 bits per heavy atom. The minimum absolute atomic E-state index is 0.0328. The molecule has 0 N–H and O–H groups in total. The maximum atomic E-state index is 12.8. The fraction of sp³-hybridized carbons (Fsp3) is 0.222. The highest BCUT2D eigenvalue weighted by Crippen LogP contribution is 2.34. The monoisotopic (exact) mass is 409 g/mol. The van der Waals surface area contributed by atoms with Gasteiger partial charge in [0, 0.05) is 18.7 Å². The van der Waals surface area contributed by atoms with Crippen molar-refractivity contribution in [2.24, 2.45) is 0 Å². The third-order valence-corrected chi connectivity index (χ3v) is 6.31. The van der Waals surface area contributed by atoms with E-state index in [-0.39, 0.29) is 41.2 Å². The topological polar surface area (TPSA) is 76.3 Å². The van der Waals surface area contributed by atoms with Gasteiger partial charge in [-0.1, -0.05) is 35.5 Å². The number of hydrogen-bond donors (Lipinski definition) is 0. The molecule has 0 bridgehead atoms. The average molecular weight is 409 g/mol. The summed E-state index contributed by atoms with van der Waals surface area (Å²) in [5, 5.41) is 3.74. The van der Waals surface area contributed by atoms with Gasteiger partial charge in [0.15, 0.2) is 0 Å². The van der Waals surface area contributed by atoms with Crippen molar-refractivity contribution in [1.29, 1.82) is 0 Å². The molecule has 146 valence electrons. The molecular weight excluding hydrogens is 395 g/mol. The van der Waals surface area contributed by atoms with Crippen molar-refractivity contribution in [3.63, 3.8) is 0 Å². The molecule has 10 heteroatoms. The third kappa shape index (κ3) is 3.40. The van der Waals surface area contributed by atoms with Crippen LogP contribution in [0.5, 0.6) is 0 Å². The van der Waals surface area contributed by atoms with E-state index in [0.717, 1.165) is 12.1 Å². The first-order valence-electron chi connectivity index (χ1n) is 8.31. The van der Waals surface area contributed by atoms with Crippen LogP contribution in [-0.4, -0.2) is 36.0 Å². The zero-order chi connectivity index (χ0) is 19.9. The zero-order valence-corrected chi connectivity index (χ0v) is 15.1. The number of alkyl halides is 3. The average Bonchev–Trinajstić information content (AvgIpc) is 3.10. The highest BCUT2D eigenvalue weighted by atomic mass is 32.2. The summed E-state index contributed by atoms with van der Waals surface area (Å²) in [6, 6.07) is 12.7. The fourth-order valence-corrected chi connectivity index (χ4v) is 4.44. The molecule has 1 aliphatic rings. The van der Waals surface area contributed by atoms with Crippen molar-refractivity contribution in [1.82, 2.24) is 14.4 Å². The van der Waals surface area contributed by atoms with Gasteiger partial charge in [0.25, 0.3) is 0 Å². The van der Waals surface area contributed by atoms with Crippen LogP contribution in [0, 0.1) is 0 Å². The number of halogens is 3. The Balaban J connectivity index is 1.49. The van der Waals surface area contributed by atoms with E-state index in [4.69, 9.17) is 4.52 Å². The van der Waals surface area contributed by atoms with Gasteiger partial charge in [-0.3, -0.25) is 0 Å². The van der Waals surface area contributed by atoms with E-state index < -0.39 is 21.8 Å². The molecule has 0 amide bonds. The lowest BCUT2D eigenvalue weighted by Crippen LogP contribution is -2.48. The maximum Gasteiger partial charge on any atom is 0.416 e. The van der Waals surface area contributed by atoms with Gasteiger partial charge in [0.1, 0.15) is 0 Å². The van der Waals surface area contributed by atoms with Gasteiger partial charge in [-0.25, -0.2) is 8.42 Å². The normalized spacial score (nSPS) is 16.1. The third-order valence-electron chi connectivity index (χ3n) is 4.47. The second-order valence-corrected chi connectivity index (χ2v) is 8.30. The van der Waals surface area contributed by atoms with Crippen molar-refractivity contribution < 1.29 is 26.1 Å². The Hall–Kier alpha value is -2.72. The summed E-state index contributed by atoms with van der Waals surface area (Å²) in [5.74, 6) is -0.0667. The number of rotatable bonds is 4. The molecule has 1 fully saturated rings. The predicted octanol–water partition coefficient (Wildman–Crippen LogP) is 3.54. The molecule has 4 rings (SSSR count). The predicted molar refractivity (Wildman–Crippen MR) is 92.7 cm³/mol. The summed E-state index contributed by atoms with van der Waals surface area (Å²) in [6.45, 7) is 0.336. The largest absolute Gasteiger partial charge is 0.416 e. The van der Waals surface area contributed by atoms with Crippen molar-refractivity contribution in [2.45, 2.75) is 17.0 Å². The minimum atomic E-state index is -4.47. The Morgan fingerprint density at radius 1 is 1.04 bits per heavy atom. The molecule has 0 aliphatic carbocycles. The molecule has 2 heterocycles. The summed E-state index contributed by atoms with van der Waals surface area (Å²) < 4.78 is 70.0. The summed E-state index contributed by atoms with van der Waals surface area (Å²) in [6.07, 6.45) is -4.47. The number of hydrogen-bond acceptors (Lipinski definition) is 5. The molecular formula is C18H14F3N3O3S. The quantitative estimate of drug-likeness (QED) is 0.659. The number of aromatic nitrogens is 2. The number of benzene rings is 2. The standard InChI is InChI=1S/C18H14F3N3O3S/c19-18(20,21)14-6-4-5-12(9-14)16-22-17(27-23-16)13-10-24(11-13)28(25,26)15-7-2-1-3-8-15/h1-9,13H,10-11H2. The fourth-order valence-electron chi connectivity index (χ4n) is 2.89. The smallest absolute Gasteiger partial charge is 0.339 e. The van der Waals surface area contributed by atoms with Gasteiger partial charge in [-0.05, 0) is 24.3 Å². The molecule has 0 spiro atoms. The molecule has 0 atom stereocenters. The molecule has 1 saturated heterocycles. The van der Waals surface area contributed by atoms with E-state index in [1.165, 1.54) is 28.6 Å². The Labute approximate surface area is 158 Å². The SMILES string of the molecule is O=S(=O)(c1ccccc1)N1CC(c2nc(-c3cccc(C(F)(F)F)c3)no2)C1. The van der Waals surface area contributed by atoms with E-state index in [1.54, 1.807) is 18.2 Å². The van der Waals surface area contributed by atoms with Crippen LogP contribution in [0.2, 0.25) is 0 Å². The first-order valence-corrected chi connectivity index (χ1v) is 9.75. The second kappa shape index (κ2) is 6.71. The number of sulfonamides is 1. The van der Waals surface area contributed by atoms with Crippen molar-refractivity contribution in [2.75, 3.05) is 13.1 Å². The van der Waals surface area contributed by atoms with Crippen LogP contribution in [0.4, 0.5) is 13.2 Å². The van der Waals surface area contributed by atoms with Gasteiger partial charge in [0.2, 0.25) is 21.7 Å². The molecule has 6 nitrogen and oxygen atoms in total. The van der Waals surface area contributed by atoms with Gasteiger partial charge in [-0.2, -0.15) is 22.5 Å². The molecule has 0 saturated carbocycles. The van der Waals surface area contributed by atoms with Crippen LogP contribution in [0.15, 0.2) is 64.0 Å². The van der Waals surface area contributed by atoms with E-state index in [2.05, 4.69) is 10.1 Å². The molecule has 1 aliphatic heterocycles. The van der Waals surface area contributed by atoms with Gasteiger partial charge in [-0.15, -0.1) is 0 Å². The van der Waals surface area contributed by atoms with Crippen LogP contribution >= 0.6 is 0 Å². The zero-order valence-electron chi connectivity index (χ0n) is 14.3. The highest BCUT2D eigenvalue weighted by Gasteiger charge is 2.40. The summed E-state index contributed by atoms with van der Waals surface area (Å²) >= 11 is 0. The molecule has 3 aromatic rings. The molecule has 0 unspecified atom stereocenters.